The molecule has 0 aliphatic carbocycles. The molecule has 23 heavy (non-hydrogen) atoms. The predicted molar refractivity (Wildman–Crippen MR) is 94.5 cm³/mol. The second-order valence-electron chi connectivity index (χ2n) is 6.39. The molecule has 7 heteroatoms. The summed E-state index contributed by atoms with van der Waals surface area (Å²) < 4.78 is 30.8. The van der Waals surface area contributed by atoms with Gasteiger partial charge in [0, 0.05) is 34.6 Å². The number of aromatic nitrogens is 1. The van der Waals surface area contributed by atoms with Crippen LogP contribution in [0, 0.1) is 0 Å². The van der Waals surface area contributed by atoms with Crippen molar-refractivity contribution in [2.75, 3.05) is 4.31 Å². The van der Waals surface area contributed by atoms with Gasteiger partial charge >= 0.3 is 0 Å². The van der Waals surface area contributed by atoms with E-state index in [0.29, 0.717) is 11.4 Å². The van der Waals surface area contributed by atoms with Crippen LogP contribution < -0.4 is 9.04 Å². The van der Waals surface area contributed by atoms with E-state index in [-0.39, 0.29) is 6.10 Å². The minimum atomic E-state index is -2.40. The zero-order valence-electron chi connectivity index (χ0n) is 13.9. The summed E-state index contributed by atoms with van der Waals surface area (Å²) in [6.07, 6.45) is 1.75. The number of benzene rings is 1. The average Bonchev–Trinajstić information content (AvgIpc) is 2.89. The van der Waals surface area contributed by atoms with Crippen molar-refractivity contribution < 1.29 is 13.5 Å². The van der Waals surface area contributed by atoms with E-state index in [4.69, 9.17) is 4.74 Å². The predicted octanol–water partition coefficient (Wildman–Crippen LogP) is 4.00. The lowest BCUT2D eigenvalue weighted by Crippen LogP contribution is -2.43. The summed E-state index contributed by atoms with van der Waals surface area (Å²) in [4.78, 5) is 5.00. The Morgan fingerprint density at radius 2 is 2.04 bits per heavy atom. The number of hydrogen-bond donors (Lipinski definition) is 0. The van der Waals surface area contributed by atoms with Gasteiger partial charge in [0.15, 0.2) is 0 Å². The van der Waals surface area contributed by atoms with Crippen LogP contribution in [0.15, 0.2) is 29.9 Å². The van der Waals surface area contributed by atoms with Crippen LogP contribution in [0.4, 0.5) is 5.69 Å². The molecular weight excluding hydrogens is 332 g/mol. The van der Waals surface area contributed by atoms with Crippen molar-refractivity contribution in [2.24, 2.45) is 0 Å². The molecule has 0 amide bonds. The van der Waals surface area contributed by atoms with Gasteiger partial charge in [-0.25, -0.2) is 0 Å². The maximum atomic E-state index is 11.9. The Hall–Kier alpha value is -1.44. The third-order valence-corrected chi connectivity index (χ3v) is 4.86. The van der Waals surface area contributed by atoms with E-state index in [9.17, 15) is 8.76 Å². The Morgan fingerprint density at radius 3 is 2.52 bits per heavy atom. The van der Waals surface area contributed by atoms with Gasteiger partial charge in [-0.3, -0.25) is 13.5 Å². The van der Waals surface area contributed by atoms with Crippen molar-refractivity contribution in [2.45, 2.75) is 46.3 Å². The van der Waals surface area contributed by atoms with E-state index in [1.165, 1.54) is 15.6 Å². The van der Waals surface area contributed by atoms with Gasteiger partial charge in [-0.15, -0.1) is 11.3 Å². The maximum absolute atomic E-state index is 11.9. The third kappa shape index (κ3) is 4.31. The highest BCUT2D eigenvalue weighted by Crippen LogP contribution is 2.39. The van der Waals surface area contributed by atoms with Gasteiger partial charge < -0.3 is 9.29 Å². The quantitative estimate of drug-likeness (QED) is 0.762. The van der Waals surface area contributed by atoms with Crippen molar-refractivity contribution in [3.8, 4) is 16.2 Å². The lowest BCUT2D eigenvalue weighted by molar-refractivity contribution is 0.242. The molecule has 126 valence electrons. The molecule has 0 bridgehead atoms. The fourth-order valence-electron chi connectivity index (χ4n) is 2.25. The Balaban J connectivity index is 2.62. The van der Waals surface area contributed by atoms with Crippen LogP contribution in [-0.2, 0) is 11.3 Å². The molecule has 0 aliphatic rings. The highest BCUT2D eigenvalue weighted by molar-refractivity contribution is 7.80. The summed E-state index contributed by atoms with van der Waals surface area (Å²) in [5.41, 5.74) is 2.55. The van der Waals surface area contributed by atoms with Crippen LogP contribution in [-0.4, -0.2) is 25.4 Å². The lowest BCUT2D eigenvalue weighted by Gasteiger charge is -2.39. The lowest BCUT2D eigenvalue weighted by atomic mass is 10.1. The normalized spacial score (nSPS) is 13.2. The first-order valence-electron chi connectivity index (χ1n) is 7.29. The van der Waals surface area contributed by atoms with Gasteiger partial charge in [-0.05, 0) is 46.8 Å². The summed E-state index contributed by atoms with van der Waals surface area (Å²) >= 11 is -0.935. The summed E-state index contributed by atoms with van der Waals surface area (Å²) in [5.74, 6) is 0.642. The average molecular weight is 353 g/mol. The summed E-state index contributed by atoms with van der Waals surface area (Å²) in [5, 5.41) is 0. The van der Waals surface area contributed by atoms with Gasteiger partial charge in [0.2, 0.25) is 0 Å². The molecule has 0 spiro atoms. The molecule has 0 saturated heterocycles. The van der Waals surface area contributed by atoms with Crippen molar-refractivity contribution >= 4 is 28.3 Å². The SMILES string of the molecule is CC(C)Oc1ccc(-c2cncs2)c(N(S(=O)[O-])C(C)(C)C)c1. The fraction of sp³-hybridized carbons (Fsp3) is 0.438. The smallest absolute Gasteiger partial charge is 0.121 e. The molecule has 1 unspecified atom stereocenters. The molecule has 0 aliphatic heterocycles. The largest absolute Gasteiger partial charge is 0.755 e. The summed E-state index contributed by atoms with van der Waals surface area (Å²) in [6.45, 7) is 9.44. The number of nitrogens with zero attached hydrogens (tertiary/aromatic N) is 2. The van der Waals surface area contributed by atoms with Gasteiger partial charge in [0.05, 0.1) is 22.2 Å². The molecule has 2 aromatic rings. The van der Waals surface area contributed by atoms with Crippen LogP contribution in [0.2, 0.25) is 0 Å². The number of ether oxygens (including phenoxy) is 1. The van der Waals surface area contributed by atoms with Crippen LogP contribution in [0.1, 0.15) is 34.6 Å². The second kappa shape index (κ2) is 6.98. The molecule has 0 saturated carbocycles. The summed E-state index contributed by atoms with van der Waals surface area (Å²) in [6, 6.07) is 5.51. The third-order valence-electron chi connectivity index (χ3n) is 3.02. The molecule has 1 atom stereocenters. The fourth-order valence-corrected chi connectivity index (χ4v) is 3.66. The molecule has 0 radical (unpaired) electrons. The number of thiazole rings is 1. The first-order valence-corrected chi connectivity index (χ1v) is 9.20. The molecular formula is C16H21N2O3S2-. The van der Waals surface area contributed by atoms with Gasteiger partial charge in [-0.1, -0.05) is 0 Å². The van der Waals surface area contributed by atoms with E-state index in [2.05, 4.69) is 4.98 Å². The number of anilines is 1. The van der Waals surface area contributed by atoms with Crippen molar-refractivity contribution in [1.82, 2.24) is 4.98 Å². The van der Waals surface area contributed by atoms with Crippen LogP contribution >= 0.6 is 11.3 Å². The molecule has 5 nitrogen and oxygen atoms in total. The Labute approximate surface area is 143 Å². The molecule has 1 heterocycles. The second-order valence-corrected chi connectivity index (χ2v) is 8.08. The first-order chi connectivity index (χ1) is 10.7. The molecule has 2 rings (SSSR count). The molecule has 1 aromatic heterocycles. The van der Waals surface area contributed by atoms with Crippen molar-refractivity contribution in [3.05, 3.63) is 29.9 Å². The molecule has 1 aromatic carbocycles. The zero-order valence-corrected chi connectivity index (χ0v) is 15.5. The maximum Gasteiger partial charge on any atom is 0.121 e. The van der Waals surface area contributed by atoms with Crippen LogP contribution in [0.25, 0.3) is 10.4 Å². The molecule has 0 fully saturated rings. The first kappa shape index (κ1) is 17.9. The van der Waals surface area contributed by atoms with Crippen molar-refractivity contribution in [3.63, 3.8) is 0 Å². The van der Waals surface area contributed by atoms with Gasteiger partial charge in [0.1, 0.15) is 5.75 Å². The number of rotatable bonds is 5. The van der Waals surface area contributed by atoms with Crippen LogP contribution in [0.3, 0.4) is 0 Å². The van der Waals surface area contributed by atoms with Gasteiger partial charge in [-0.2, -0.15) is 0 Å². The van der Waals surface area contributed by atoms with E-state index < -0.39 is 16.8 Å². The van der Waals surface area contributed by atoms with E-state index >= 15 is 0 Å². The van der Waals surface area contributed by atoms with E-state index in [0.717, 1.165) is 10.4 Å². The topological polar surface area (TPSA) is 65.5 Å². The highest BCUT2D eigenvalue weighted by Gasteiger charge is 2.26. The molecule has 0 N–H and O–H groups in total. The highest BCUT2D eigenvalue weighted by atomic mass is 32.2. The van der Waals surface area contributed by atoms with Gasteiger partial charge in [0.25, 0.3) is 0 Å². The van der Waals surface area contributed by atoms with Crippen LogP contribution in [0.5, 0.6) is 5.75 Å². The van der Waals surface area contributed by atoms with E-state index in [1.807, 2.05) is 46.8 Å². The zero-order chi connectivity index (χ0) is 17.2. The number of hydrogen-bond acceptors (Lipinski definition) is 5. The minimum Gasteiger partial charge on any atom is -0.755 e. The minimum absolute atomic E-state index is 0.0120. The van der Waals surface area contributed by atoms with Crippen molar-refractivity contribution in [1.29, 1.82) is 0 Å². The Morgan fingerprint density at radius 1 is 1.35 bits per heavy atom. The Kier molecular flexibility index (Phi) is 5.44. The monoisotopic (exact) mass is 353 g/mol. The van der Waals surface area contributed by atoms with E-state index in [1.54, 1.807) is 17.8 Å². The standard InChI is InChI=1S/C16H22N2O3S2/c1-11(2)21-12-6-7-13(15-9-17-10-22-15)14(8-12)18(23(19)20)16(3,4)5/h6-11H,1-5H3,(H,19,20)/p-1. The summed E-state index contributed by atoms with van der Waals surface area (Å²) in [7, 11) is 0. The Bertz CT molecular complexity index is 679.